The second-order valence-electron chi connectivity index (χ2n) is 7.14. The van der Waals surface area contributed by atoms with Crippen molar-refractivity contribution in [1.82, 2.24) is 4.90 Å². The average Bonchev–Trinajstić information content (AvgIpc) is 3.26. The van der Waals surface area contributed by atoms with Crippen LogP contribution in [-0.4, -0.2) is 36.1 Å². The van der Waals surface area contributed by atoms with Crippen LogP contribution in [0.4, 0.5) is 0 Å². The molecule has 0 saturated heterocycles. The maximum atomic E-state index is 13.1. The van der Waals surface area contributed by atoms with Crippen LogP contribution in [0.25, 0.3) is 0 Å². The van der Waals surface area contributed by atoms with E-state index in [1.54, 1.807) is 12.3 Å². The van der Waals surface area contributed by atoms with Crippen molar-refractivity contribution < 1.29 is 13.9 Å². The first-order valence-corrected chi connectivity index (χ1v) is 9.36. The zero-order valence-electron chi connectivity index (χ0n) is 14.9. The van der Waals surface area contributed by atoms with E-state index in [1.165, 1.54) is 25.7 Å². The zero-order chi connectivity index (χ0) is 17.2. The van der Waals surface area contributed by atoms with Crippen LogP contribution in [0.5, 0.6) is 0 Å². The minimum absolute atomic E-state index is 0.0755. The molecule has 24 heavy (non-hydrogen) atoms. The third-order valence-electron chi connectivity index (χ3n) is 5.85. The van der Waals surface area contributed by atoms with E-state index >= 15 is 0 Å². The Labute approximate surface area is 144 Å². The fourth-order valence-corrected chi connectivity index (χ4v) is 4.69. The molecule has 2 aliphatic carbocycles. The second-order valence-corrected chi connectivity index (χ2v) is 7.14. The third kappa shape index (κ3) is 2.88. The molecule has 1 heterocycles. The van der Waals surface area contributed by atoms with Crippen LogP contribution in [0.15, 0.2) is 16.7 Å². The van der Waals surface area contributed by atoms with Gasteiger partial charge < -0.3 is 19.8 Å². The number of furan rings is 1. The summed E-state index contributed by atoms with van der Waals surface area (Å²) in [6.07, 6.45) is 8.62. The van der Waals surface area contributed by atoms with Crippen LogP contribution in [0.3, 0.4) is 0 Å². The standard InChI is InChI=1S/C19H30N2O3/c1-3-9-21(18(22)14-10-15(12-20)24-13-14)16-11-17(23-4-2)19(16)7-5-6-8-19/h10,13,16-17H,3-9,11-12,20H2,1-2H3. The number of carbonyl (C=O) groups excluding carboxylic acids is 1. The molecule has 2 unspecified atom stereocenters. The van der Waals surface area contributed by atoms with Gasteiger partial charge in [-0.15, -0.1) is 0 Å². The molecule has 3 rings (SSSR count). The summed E-state index contributed by atoms with van der Waals surface area (Å²) in [5.74, 6) is 0.734. The minimum atomic E-state index is 0.0755. The van der Waals surface area contributed by atoms with Gasteiger partial charge in [-0.2, -0.15) is 0 Å². The zero-order valence-corrected chi connectivity index (χ0v) is 14.9. The molecule has 0 radical (unpaired) electrons. The van der Waals surface area contributed by atoms with E-state index in [-0.39, 0.29) is 11.3 Å². The van der Waals surface area contributed by atoms with E-state index < -0.39 is 0 Å². The fourth-order valence-electron chi connectivity index (χ4n) is 4.69. The molecule has 5 nitrogen and oxygen atoms in total. The van der Waals surface area contributed by atoms with Crippen molar-refractivity contribution in [2.75, 3.05) is 13.2 Å². The molecule has 134 valence electrons. The Bertz CT molecular complexity index is 563. The normalized spacial score (nSPS) is 25.0. The molecule has 2 aliphatic rings. The number of amides is 1. The maximum Gasteiger partial charge on any atom is 0.257 e. The Morgan fingerprint density at radius 1 is 1.42 bits per heavy atom. The quantitative estimate of drug-likeness (QED) is 0.830. The van der Waals surface area contributed by atoms with Crippen LogP contribution in [-0.2, 0) is 11.3 Å². The summed E-state index contributed by atoms with van der Waals surface area (Å²) in [5, 5.41) is 0. The predicted molar refractivity (Wildman–Crippen MR) is 92.6 cm³/mol. The molecule has 0 aromatic carbocycles. The predicted octanol–water partition coefficient (Wildman–Crippen LogP) is 3.33. The number of hydrogen-bond donors (Lipinski definition) is 1. The number of rotatable bonds is 7. The van der Waals surface area contributed by atoms with Gasteiger partial charge in [0, 0.05) is 24.6 Å². The Kier molecular flexibility index (Phi) is 5.30. The van der Waals surface area contributed by atoms with Crippen LogP contribution < -0.4 is 5.73 Å². The molecule has 1 spiro atoms. The molecular weight excluding hydrogens is 304 g/mol. The first-order chi connectivity index (χ1) is 11.7. The third-order valence-corrected chi connectivity index (χ3v) is 5.85. The molecule has 1 aromatic heterocycles. The Morgan fingerprint density at radius 3 is 2.75 bits per heavy atom. The monoisotopic (exact) mass is 334 g/mol. The summed E-state index contributed by atoms with van der Waals surface area (Å²) < 4.78 is 11.4. The van der Waals surface area contributed by atoms with E-state index in [0.29, 0.717) is 30.0 Å². The van der Waals surface area contributed by atoms with Crippen molar-refractivity contribution in [2.45, 2.75) is 71.1 Å². The van der Waals surface area contributed by atoms with Crippen LogP contribution in [0.1, 0.15) is 68.5 Å². The minimum Gasteiger partial charge on any atom is -0.467 e. The molecule has 2 saturated carbocycles. The highest BCUT2D eigenvalue weighted by molar-refractivity contribution is 5.94. The molecule has 1 amide bonds. The maximum absolute atomic E-state index is 13.1. The smallest absolute Gasteiger partial charge is 0.257 e. The van der Waals surface area contributed by atoms with E-state index in [1.807, 2.05) is 0 Å². The van der Waals surface area contributed by atoms with Gasteiger partial charge in [0.1, 0.15) is 12.0 Å². The first-order valence-electron chi connectivity index (χ1n) is 9.36. The van der Waals surface area contributed by atoms with Gasteiger partial charge in [-0.05, 0) is 38.7 Å². The summed E-state index contributed by atoms with van der Waals surface area (Å²) in [4.78, 5) is 15.2. The Morgan fingerprint density at radius 2 is 2.17 bits per heavy atom. The second kappa shape index (κ2) is 7.28. The topological polar surface area (TPSA) is 68.7 Å². The highest BCUT2D eigenvalue weighted by atomic mass is 16.5. The van der Waals surface area contributed by atoms with E-state index in [4.69, 9.17) is 14.9 Å². The van der Waals surface area contributed by atoms with Gasteiger partial charge in [0.15, 0.2) is 0 Å². The lowest BCUT2D eigenvalue weighted by Crippen LogP contribution is -2.65. The van der Waals surface area contributed by atoms with Gasteiger partial charge in [-0.25, -0.2) is 0 Å². The lowest BCUT2D eigenvalue weighted by Gasteiger charge is -2.57. The van der Waals surface area contributed by atoms with Crippen molar-refractivity contribution in [3.63, 3.8) is 0 Å². The molecular formula is C19H30N2O3. The number of nitrogens with zero attached hydrogens (tertiary/aromatic N) is 1. The van der Waals surface area contributed by atoms with Crippen LogP contribution >= 0.6 is 0 Å². The lowest BCUT2D eigenvalue weighted by atomic mass is 9.59. The van der Waals surface area contributed by atoms with Gasteiger partial charge in [-0.1, -0.05) is 19.8 Å². The van der Waals surface area contributed by atoms with Gasteiger partial charge in [-0.3, -0.25) is 4.79 Å². The average molecular weight is 334 g/mol. The Balaban J connectivity index is 1.81. The van der Waals surface area contributed by atoms with Crippen molar-refractivity contribution in [1.29, 1.82) is 0 Å². The molecule has 1 aromatic rings. The number of hydrogen-bond acceptors (Lipinski definition) is 4. The van der Waals surface area contributed by atoms with E-state index in [9.17, 15) is 4.79 Å². The summed E-state index contributed by atoms with van der Waals surface area (Å²) in [6.45, 7) is 6.04. The SMILES string of the molecule is CCCN(C(=O)c1coc(CN)c1)C1CC(OCC)C12CCCC2. The number of carbonyl (C=O) groups is 1. The van der Waals surface area contributed by atoms with Gasteiger partial charge in [0.05, 0.1) is 18.2 Å². The molecule has 2 N–H and O–H groups in total. The number of ether oxygens (including phenoxy) is 1. The molecule has 0 aliphatic heterocycles. The highest BCUT2D eigenvalue weighted by Gasteiger charge is 2.59. The van der Waals surface area contributed by atoms with Gasteiger partial charge in [0.25, 0.3) is 5.91 Å². The van der Waals surface area contributed by atoms with E-state index in [0.717, 1.165) is 26.0 Å². The van der Waals surface area contributed by atoms with Crippen LogP contribution in [0, 0.1) is 5.41 Å². The summed E-state index contributed by atoms with van der Waals surface area (Å²) in [7, 11) is 0. The molecule has 5 heteroatoms. The molecule has 2 atom stereocenters. The first kappa shape index (κ1) is 17.5. The lowest BCUT2D eigenvalue weighted by molar-refractivity contribution is -0.156. The van der Waals surface area contributed by atoms with Crippen LogP contribution in [0.2, 0.25) is 0 Å². The summed E-state index contributed by atoms with van der Waals surface area (Å²) in [5.41, 5.74) is 6.40. The van der Waals surface area contributed by atoms with Crippen molar-refractivity contribution >= 4 is 5.91 Å². The fraction of sp³-hybridized carbons (Fsp3) is 0.737. The van der Waals surface area contributed by atoms with Crippen molar-refractivity contribution in [3.8, 4) is 0 Å². The van der Waals surface area contributed by atoms with Crippen molar-refractivity contribution in [2.24, 2.45) is 11.1 Å². The summed E-state index contributed by atoms with van der Waals surface area (Å²) in [6, 6.07) is 2.07. The van der Waals surface area contributed by atoms with Crippen molar-refractivity contribution in [3.05, 3.63) is 23.7 Å². The van der Waals surface area contributed by atoms with Gasteiger partial charge >= 0.3 is 0 Å². The molecule has 2 fully saturated rings. The highest BCUT2D eigenvalue weighted by Crippen LogP contribution is 2.56. The number of nitrogens with two attached hydrogens (primary N) is 1. The molecule has 0 bridgehead atoms. The Hall–Kier alpha value is -1.33. The summed E-state index contributed by atoms with van der Waals surface area (Å²) >= 11 is 0. The van der Waals surface area contributed by atoms with E-state index in [2.05, 4.69) is 18.7 Å². The van der Waals surface area contributed by atoms with Gasteiger partial charge in [0.2, 0.25) is 0 Å². The largest absolute Gasteiger partial charge is 0.467 e.